The lowest BCUT2D eigenvalue weighted by molar-refractivity contribution is -0.124. The fraction of sp³-hybridized carbons (Fsp3) is 0.571. The molecule has 104 valence electrons. The molecule has 0 bridgehead atoms. The number of carbonyl (C=O) groups is 1. The van der Waals surface area contributed by atoms with Crippen molar-refractivity contribution >= 4 is 21.7 Å². The van der Waals surface area contributed by atoms with E-state index in [-0.39, 0.29) is 11.7 Å². The van der Waals surface area contributed by atoms with E-state index in [1.807, 2.05) is 12.1 Å². The summed E-state index contributed by atoms with van der Waals surface area (Å²) in [6.07, 6.45) is 2.88. The second kappa shape index (κ2) is 6.48. The lowest BCUT2D eigenvalue weighted by atomic mass is 9.83. The number of rotatable bonds is 4. The molecular weight excluding hydrogens is 310 g/mol. The second-order valence-corrected chi connectivity index (χ2v) is 5.79. The molecule has 1 fully saturated rings. The van der Waals surface area contributed by atoms with Crippen molar-refractivity contribution in [1.82, 2.24) is 4.98 Å². The Kier molecular flexibility index (Phi) is 4.93. The third kappa shape index (κ3) is 4.01. The van der Waals surface area contributed by atoms with Gasteiger partial charge in [-0.2, -0.15) is 0 Å². The number of aryl methyl sites for hydroxylation is 1. The monoisotopic (exact) mass is 327 g/mol. The van der Waals surface area contributed by atoms with Gasteiger partial charge in [0.05, 0.1) is 13.2 Å². The number of halogens is 1. The molecule has 2 atom stereocenters. The van der Waals surface area contributed by atoms with E-state index in [0.29, 0.717) is 23.2 Å². The first-order valence-corrected chi connectivity index (χ1v) is 7.27. The fourth-order valence-electron chi connectivity index (χ4n) is 2.54. The first kappa shape index (κ1) is 14.5. The molecule has 19 heavy (non-hydrogen) atoms. The smallest absolute Gasteiger partial charge is 0.151 e. The molecule has 1 aliphatic rings. The van der Waals surface area contributed by atoms with Crippen LogP contribution in [0, 0.1) is 5.92 Å². The first-order chi connectivity index (χ1) is 9.08. The van der Waals surface area contributed by atoms with Crippen molar-refractivity contribution in [3.63, 3.8) is 0 Å². The summed E-state index contributed by atoms with van der Waals surface area (Å²) in [5, 5.41) is 9.60. The number of aliphatic hydroxyl groups is 1. The number of Topliss-reactive ketones (excluding diaryl/α,β-unsaturated/α-hetero) is 1. The van der Waals surface area contributed by atoms with Crippen molar-refractivity contribution in [2.75, 3.05) is 7.11 Å². The van der Waals surface area contributed by atoms with Crippen LogP contribution >= 0.6 is 15.9 Å². The molecule has 0 spiro atoms. The lowest BCUT2D eigenvalue weighted by Crippen LogP contribution is -2.26. The normalized spacial score (nSPS) is 23.4. The van der Waals surface area contributed by atoms with Gasteiger partial charge in [-0.25, -0.2) is 4.98 Å². The van der Waals surface area contributed by atoms with Crippen LogP contribution in [0.5, 0.6) is 5.75 Å². The average Bonchev–Trinajstić information content (AvgIpc) is 2.35. The summed E-state index contributed by atoms with van der Waals surface area (Å²) in [7, 11) is 1.61. The van der Waals surface area contributed by atoms with Gasteiger partial charge in [-0.15, -0.1) is 0 Å². The largest absolute Gasteiger partial charge is 0.494 e. The van der Waals surface area contributed by atoms with Crippen LogP contribution in [0.4, 0.5) is 0 Å². The highest BCUT2D eigenvalue weighted by Crippen LogP contribution is 2.27. The predicted molar refractivity (Wildman–Crippen MR) is 75.2 cm³/mol. The Bertz CT molecular complexity index is 464. The number of hydrogen-bond acceptors (Lipinski definition) is 4. The number of ketones is 1. The zero-order valence-corrected chi connectivity index (χ0v) is 12.5. The molecule has 0 amide bonds. The standard InChI is InChI=1S/C14H18BrNO3/c1-19-13-5-4-10(16-14(13)15)3-2-9-6-11(17)8-12(18)7-9/h4-5,9,11,17H,2-3,6-8H2,1H3/t9?,11-/m0/s1. The third-order valence-corrected chi connectivity index (χ3v) is 4.05. The van der Waals surface area contributed by atoms with E-state index in [2.05, 4.69) is 20.9 Å². The molecule has 0 aliphatic heterocycles. The number of aliphatic hydroxyl groups excluding tert-OH is 1. The van der Waals surface area contributed by atoms with Gasteiger partial charge in [-0.05, 0) is 53.2 Å². The van der Waals surface area contributed by atoms with Gasteiger partial charge in [0.25, 0.3) is 0 Å². The molecular formula is C14H18BrNO3. The van der Waals surface area contributed by atoms with E-state index >= 15 is 0 Å². The minimum atomic E-state index is -0.457. The Morgan fingerprint density at radius 3 is 2.89 bits per heavy atom. The molecule has 2 rings (SSSR count). The quantitative estimate of drug-likeness (QED) is 0.863. The van der Waals surface area contributed by atoms with E-state index in [4.69, 9.17) is 4.74 Å². The molecule has 4 nitrogen and oxygen atoms in total. The van der Waals surface area contributed by atoms with Crippen LogP contribution in [0.25, 0.3) is 0 Å². The number of aromatic nitrogens is 1. The summed E-state index contributed by atoms with van der Waals surface area (Å²) in [6.45, 7) is 0. The van der Waals surface area contributed by atoms with Crippen molar-refractivity contribution in [3.8, 4) is 5.75 Å². The van der Waals surface area contributed by atoms with Crippen molar-refractivity contribution in [3.05, 3.63) is 22.4 Å². The summed E-state index contributed by atoms with van der Waals surface area (Å²) in [5.74, 6) is 1.17. The van der Waals surface area contributed by atoms with Gasteiger partial charge in [0, 0.05) is 18.5 Å². The molecule has 0 radical (unpaired) electrons. The van der Waals surface area contributed by atoms with E-state index < -0.39 is 6.10 Å². The molecule has 0 saturated heterocycles. The van der Waals surface area contributed by atoms with E-state index in [9.17, 15) is 9.90 Å². The van der Waals surface area contributed by atoms with Crippen LogP contribution < -0.4 is 4.74 Å². The van der Waals surface area contributed by atoms with Gasteiger partial charge in [-0.3, -0.25) is 4.79 Å². The fourth-order valence-corrected chi connectivity index (χ4v) is 3.06. The minimum absolute atomic E-state index is 0.174. The Labute approximate surface area is 121 Å². The van der Waals surface area contributed by atoms with Crippen LogP contribution in [-0.4, -0.2) is 29.1 Å². The highest BCUT2D eigenvalue weighted by Gasteiger charge is 2.25. The van der Waals surface area contributed by atoms with Crippen LogP contribution in [0.3, 0.4) is 0 Å². The lowest BCUT2D eigenvalue weighted by Gasteiger charge is -2.24. The maximum Gasteiger partial charge on any atom is 0.151 e. The zero-order valence-electron chi connectivity index (χ0n) is 10.9. The van der Waals surface area contributed by atoms with Gasteiger partial charge in [0.1, 0.15) is 10.4 Å². The van der Waals surface area contributed by atoms with E-state index in [0.717, 1.165) is 25.0 Å². The van der Waals surface area contributed by atoms with Gasteiger partial charge >= 0.3 is 0 Å². The SMILES string of the molecule is COc1ccc(CCC2CC(=O)C[C@@H](O)C2)nc1Br. The Balaban J connectivity index is 1.91. The van der Waals surface area contributed by atoms with Crippen LogP contribution in [0.2, 0.25) is 0 Å². The molecule has 5 heteroatoms. The third-order valence-electron chi connectivity index (χ3n) is 3.49. The Morgan fingerprint density at radius 1 is 1.47 bits per heavy atom. The summed E-state index contributed by atoms with van der Waals surface area (Å²) >= 11 is 3.36. The molecule has 1 aromatic heterocycles. The highest BCUT2D eigenvalue weighted by atomic mass is 79.9. The zero-order chi connectivity index (χ0) is 13.8. The molecule has 0 aromatic carbocycles. The van der Waals surface area contributed by atoms with Crippen molar-refractivity contribution in [2.45, 2.75) is 38.2 Å². The first-order valence-electron chi connectivity index (χ1n) is 6.47. The number of nitrogens with zero attached hydrogens (tertiary/aromatic N) is 1. The van der Waals surface area contributed by atoms with Crippen molar-refractivity contribution in [1.29, 1.82) is 0 Å². The maximum absolute atomic E-state index is 11.4. The average molecular weight is 328 g/mol. The second-order valence-electron chi connectivity index (χ2n) is 5.04. The van der Waals surface area contributed by atoms with E-state index in [1.54, 1.807) is 7.11 Å². The number of hydrogen-bond donors (Lipinski definition) is 1. The van der Waals surface area contributed by atoms with Crippen LogP contribution in [-0.2, 0) is 11.2 Å². The van der Waals surface area contributed by atoms with Crippen molar-refractivity contribution < 1.29 is 14.6 Å². The predicted octanol–water partition coefficient (Wildman–Crippen LogP) is 2.52. The number of carbonyl (C=O) groups excluding carboxylic acids is 1. The molecule has 1 aliphatic carbocycles. The molecule has 1 heterocycles. The van der Waals surface area contributed by atoms with Gasteiger partial charge in [0.15, 0.2) is 5.75 Å². The maximum atomic E-state index is 11.4. The van der Waals surface area contributed by atoms with Crippen LogP contribution in [0.15, 0.2) is 16.7 Å². The minimum Gasteiger partial charge on any atom is -0.494 e. The summed E-state index contributed by atoms with van der Waals surface area (Å²) < 4.78 is 5.84. The summed E-state index contributed by atoms with van der Waals surface area (Å²) in [5.41, 5.74) is 0.972. The summed E-state index contributed by atoms with van der Waals surface area (Å²) in [6, 6.07) is 3.82. The number of ether oxygens (including phenoxy) is 1. The molecule has 1 unspecified atom stereocenters. The molecule has 1 aromatic rings. The molecule has 1 saturated carbocycles. The van der Waals surface area contributed by atoms with Gasteiger partial charge in [-0.1, -0.05) is 0 Å². The number of methoxy groups -OCH3 is 1. The Hall–Kier alpha value is -0.940. The van der Waals surface area contributed by atoms with Crippen LogP contribution in [0.1, 0.15) is 31.4 Å². The molecule has 1 N–H and O–H groups in total. The Morgan fingerprint density at radius 2 is 2.26 bits per heavy atom. The van der Waals surface area contributed by atoms with Gasteiger partial charge < -0.3 is 9.84 Å². The summed E-state index contributed by atoms with van der Waals surface area (Å²) in [4.78, 5) is 15.8. The van der Waals surface area contributed by atoms with Gasteiger partial charge in [0.2, 0.25) is 0 Å². The van der Waals surface area contributed by atoms with Crippen molar-refractivity contribution in [2.24, 2.45) is 5.92 Å². The van der Waals surface area contributed by atoms with E-state index in [1.165, 1.54) is 0 Å². The highest BCUT2D eigenvalue weighted by molar-refractivity contribution is 9.10. The number of pyridine rings is 1. The topological polar surface area (TPSA) is 59.4 Å².